The number of amides is 2. The topological polar surface area (TPSA) is 97.4 Å². The predicted molar refractivity (Wildman–Crippen MR) is 113 cm³/mol. The van der Waals surface area contributed by atoms with Crippen LogP contribution in [0.1, 0.15) is 31.1 Å². The SMILES string of the molecule is CC(C)NC(=O)CSc1ccccc1C(=O)O[C@H](C)C(=O)Nc1ccc(Cl)cn1. The molecule has 0 aliphatic carbocycles. The van der Waals surface area contributed by atoms with Gasteiger partial charge in [-0.1, -0.05) is 23.7 Å². The summed E-state index contributed by atoms with van der Waals surface area (Å²) in [6.45, 7) is 5.22. The first kappa shape index (κ1) is 22.7. The van der Waals surface area contributed by atoms with Crippen LogP contribution in [-0.4, -0.2) is 40.7 Å². The van der Waals surface area contributed by atoms with Crippen molar-refractivity contribution in [2.24, 2.45) is 0 Å². The van der Waals surface area contributed by atoms with Gasteiger partial charge in [-0.15, -0.1) is 11.8 Å². The number of rotatable bonds is 8. The Bertz CT molecular complexity index is 874. The van der Waals surface area contributed by atoms with E-state index in [0.717, 1.165) is 0 Å². The molecule has 2 N–H and O–H groups in total. The van der Waals surface area contributed by atoms with Crippen LogP contribution in [0.15, 0.2) is 47.5 Å². The van der Waals surface area contributed by atoms with Gasteiger partial charge in [0, 0.05) is 17.1 Å². The van der Waals surface area contributed by atoms with Gasteiger partial charge in [-0.3, -0.25) is 9.59 Å². The first-order chi connectivity index (χ1) is 13.8. The first-order valence-electron chi connectivity index (χ1n) is 8.91. The van der Waals surface area contributed by atoms with Gasteiger partial charge in [0.15, 0.2) is 6.10 Å². The van der Waals surface area contributed by atoms with E-state index in [9.17, 15) is 14.4 Å². The lowest BCUT2D eigenvalue weighted by molar-refractivity contribution is -0.123. The van der Waals surface area contributed by atoms with Gasteiger partial charge in [-0.2, -0.15) is 0 Å². The van der Waals surface area contributed by atoms with E-state index in [2.05, 4.69) is 15.6 Å². The molecule has 0 aliphatic heterocycles. The lowest BCUT2D eigenvalue weighted by Crippen LogP contribution is -2.31. The standard InChI is InChI=1S/C20H22ClN3O4S/c1-12(2)23-18(25)11-29-16-7-5-4-6-15(16)20(27)28-13(3)19(26)24-17-9-8-14(21)10-22-17/h4-10,12-13H,11H2,1-3H3,(H,23,25)(H,22,24,26)/t13-/m1/s1. The number of esters is 1. The van der Waals surface area contributed by atoms with Crippen molar-refractivity contribution in [1.82, 2.24) is 10.3 Å². The number of carbonyl (C=O) groups is 3. The van der Waals surface area contributed by atoms with Gasteiger partial charge in [-0.25, -0.2) is 9.78 Å². The predicted octanol–water partition coefficient (Wildman–Crippen LogP) is 3.54. The lowest BCUT2D eigenvalue weighted by Gasteiger charge is -2.15. The maximum absolute atomic E-state index is 12.6. The van der Waals surface area contributed by atoms with Crippen LogP contribution in [0.5, 0.6) is 0 Å². The van der Waals surface area contributed by atoms with Crippen molar-refractivity contribution >= 4 is 47.0 Å². The molecule has 0 unspecified atom stereocenters. The third-order valence-corrected chi connectivity index (χ3v) is 4.84. The van der Waals surface area contributed by atoms with E-state index in [1.807, 2.05) is 13.8 Å². The van der Waals surface area contributed by atoms with Gasteiger partial charge in [0.25, 0.3) is 5.91 Å². The summed E-state index contributed by atoms with van der Waals surface area (Å²) in [4.78, 5) is 41.2. The summed E-state index contributed by atoms with van der Waals surface area (Å²) in [6, 6.07) is 9.95. The minimum Gasteiger partial charge on any atom is -0.449 e. The number of hydrogen-bond donors (Lipinski definition) is 2. The van der Waals surface area contributed by atoms with Crippen LogP contribution in [0.25, 0.3) is 0 Å². The molecular formula is C20H22ClN3O4S. The van der Waals surface area contributed by atoms with E-state index < -0.39 is 18.0 Å². The van der Waals surface area contributed by atoms with Crippen molar-refractivity contribution in [1.29, 1.82) is 0 Å². The molecule has 2 rings (SSSR count). The number of anilines is 1. The summed E-state index contributed by atoms with van der Waals surface area (Å²) in [5.74, 6) is -0.828. The van der Waals surface area contributed by atoms with Crippen molar-refractivity contribution in [3.63, 3.8) is 0 Å². The van der Waals surface area contributed by atoms with Crippen molar-refractivity contribution in [3.8, 4) is 0 Å². The van der Waals surface area contributed by atoms with E-state index >= 15 is 0 Å². The van der Waals surface area contributed by atoms with Crippen LogP contribution in [-0.2, 0) is 14.3 Å². The molecule has 1 aromatic carbocycles. The van der Waals surface area contributed by atoms with E-state index in [0.29, 0.717) is 21.3 Å². The van der Waals surface area contributed by atoms with Gasteiger partial charge in [-0.05, 0) is 45.0 Å². The molecule has 0 aliphatic rings. The fourth-order valence-corrected chi connectivity index (χ4v) is 3.19. The molecular weight excluding hydrogens is 414 g/mol. The summed E-state index contributed by atoms with van der Waals surface area (Å²) in [5.41, 5.74) is 0.291. The van der Waals surface area contributed by atoms with Gasteiger partial charge < -0.3 is 15.4 Å². The summed E-state index contributed by atoms with van der Waals surface area (Å²) in [7, 11) is 0. The number of hydrogen-bond acceptors (Lipinski definition) is 6. The summed E-state index contributed by atoms with van der Waals surface area (Å²) in [6.07, 6.45) is 0.360. The van der Waals surface area contributed by atoms with Crippen LogP contribution in [0.3, 0.4) is 0 Å². The fourth-order valence-electron chi connectivity index (χ4n) is 2.22. The highest BCUT2D eigenvalue weighted by Crippen LogP contribution is 2.23. The highest BCUT2D eigenvalue weighted by molar-refractivity contribution is 8.00. The monoisotopic (exact) mass is 435 g/mol. The molecule has 1 heterocycles. The average Bonchev–Trinajstić information content (AvgIpc) is 2.67. The molecule has 1 aromatic heterocycles. The van der Waals surface area contributed by atoms with E-state index in [-0.39, 0.29) is 17.7 Å². The molecule has 2 aromatic rings. The van der Waals surface area contributed by atoms with Crippen molar-refractivity contribution in [2.45, 2.75) is 37.8 Å². The molecule has 7 nitrogen and oxygen atoms in total. The molecule has 29 heavy (non-hydrogen) atoms. The van der Waals surface area contributed by atoms with Crippen molar-refractivity contribution < 1.29 is 19.1 Å². The summed E-state index contributed by atoms with van der Waals surface area (Å²) in [5, 5.41) is 5.79. The summed E-state index contributed by atoms with van der Waals surface area (Å²) < 4.78 is 5.29. The van der Waals surface area contributed by atoms with Crippen LogP contribution >= 0.6 is 23.4 Å². The first-order valence-corrected chi connectivity index (χ1v) is 10.3. The second-order valence-electron chi connectivity index (χ2n) is 6.41. The molecule has 0 spiro atoms. The Morgan fingerprint density at radius 1 is 1.14 bits per heavy atom. The Hall–Kier alpha value is -2.58. The maximum atomic E-state index is 12.6. The largest absolute Gasteiger partial charge is 0.449 e. The Balaban J connectivity index is 1.98. The number of nitrogens with zero attached hydrogens (tertiary/aromatic N) is 1. The zero-order valence-corrected chi connectivity index (χ0v) is 17.8. The average molecular weight is 436 g/mol. The number of nitrogens with one attached hydrogen (secondary N) is 2. The Morgan fingerprint density at radius 3 is 2.52 bits per heavy atom. The quantitative estimate of drug-likeness (QED) is 0.486. The van der Waals surface area contributed by atoms with E-state index in [4.69, 9.17) is 16.3 Å². The Kier molecular flexibility index (Phi) is 8.48. The highest BCUT2D eigenvalue weighted by atomic mass is 35.5. The molecule has 0 radical (unpaired) electrons. The highest BCUT2D eigenvalue weighted by Gasteiger charge is 2.21. The minimum atomic E-state index is -1.04. The van der Waals surface area contributed by atoms with Crippen molar-refractivity contribution in [2.75, 3.05) is 11.1 Å². The van der Waals surface area contributed by atoms with Crippen LogP contribution in [0.4, 0.5) is 5.82 Å². The number of thioether (sulfide) groups is 1. The molecule has 0 bridgehead atoms. The van der Waals surface area contributed by atoms with Crippen LogP contribution < -0.4 is 10.6 Å². The summed E-state index contributed by atoms with van der Waals surface area (Å²) >= 11 is 6.99. The molecule has 0 fully saturated rings. The normalized spacial score (nSPS) is 11.6. The smallest absolute Gasteiger partial charge is 0.340 e. The maximum Gasteiger partial charge on any atom is 0.340 e. The number of pyridine rings is 1. The number of carbonyl (C=O) groups excluding carboxylic acids is 3. The third kappa shape index (κ3) is 7.40. The second-order valence-corrected chi connectivity index (χ2v) is 7.86. The van der Waals surface area contributed by atoms with Gasteiger partial charge >= 0.3 is 5.97 Å². The van der Waals surface area contributed by atoms with Gasteiger partial charge in [0.1, 0.15) is 5.82 Å². The minimum absolute atomic E-state index is 0.0396. The number of halogens is 1. The second kappa shape index (κ2) is 10.8. The Labute approximate surface area is 178 Å². The van der Waals surface area contributed by atoms with Crippen LogP contribution in [0.2, 0.25) is 5.02 Å². The molecule has 0 saturated carbocycles. The zero-order valence-electron chi connectivity index (χ0n) is 16.3. The van der Waals surface area contributed by atoms with Gasteiger partial charge in [0.05, 0.1) is 16.3 Å². The molecule has 154 valence electrons. The molecule has 2 amide bonds. The van der Waals surface area contributed by atoms with Crippen molar-refractivity contribution in [3.05, 3.63) is 53.2 Å². The third-order valence-electron chi connectivity index (χ3n) is 3.55. The molecule has 9 heteroatoms. The fraction of sp³-hybridized carbons (Fsp3) is 0.300. The Morgan fingerprint density at radius 2 is 1.86 bits per heavy atom. The number of aromatic nitrogens is 1. The van der Waals surface area contributed by atoms with E-state index in [1.54, 1.807) is 36.4 Å². The zero-order chi connectivity index (χ0) is 21.4. The number of benzene rings is 1. The van der Waals surface area contributed by atoms with Gasteiger partial charge in [0.2, 0.25) is 5.91 Å². The lowest BCUT2D eigenvalue weighted by atomic mass is 10.2. The van der Waals surface area contributed by atoms with Crippen LogP contribution in [0, 0.1) is 0 Å². The van der Waals surface area contributed by atoms with E-state index in [1.165, 1.54) is 24.9 Å². The molecule has 1 atom stereocenters. The molecule has 0 saturated heterocycles. The number of ether oxygens (including phenoxy) is 1.